The number of amides is 1. The normalized spacial score (nSPS) is 15.3. The summed E-state index contributed by atoms with van der Waals surface area (Å²) in [4.78, 5) is 21.5. The van der Waals surface area contributed by atoms with Gasteiger partial charge in [-0.15, -0.1) is 22.7 Å². The summed E-state index contributed by atoms with van der Waals surface area (Å²) in [5.41, 5.74) is 2.22. The molecule has 26 heavy (non-hydrogen) atoms. The molecule has 0 aliphatic carbocycles. The highest BCUT2D eigenvalue weighted by Crippen LogP contribution is 2.24. The molecule has 3 aromatic rings. The number of thiophene rings is 1. The summed E-state index contributed by atoms with van der Waals surface area (Å²) < 4.78 is 0. The predicted molar refractivity (Wildman–Crippen MR) is 107 cm³/mol. The molecule has 0 spiro atoms. The Kier molecular flexibility index (Phi) is 5.36. The number of quaternary nitrogens is 1. The minimum Gasteiger partial charge on any atom is -0.327 e. The van der Waals surface area contributed by atoms with E-state index in [2.05, 4.69) is 5.38 Å². The fourth-order valence-electron chi connectivity index (χ4n) is 3.13. The molecule has 1 amide bonds. The monoisotopic (exact) mass is 404 g/mol. The molecule has 1 N–H and O–H groups in total. The average molecular weight is 405 g/mol. The summed E-state index contributed by atoms with van der Waals surface area (Å²) >= 11 is 9.14. The standard InChI is InChI=1S/C19H18ClN3OS2/c20-15-5-3-14(4-6-15)18-21-16(13-26-18)12-22-7-9-23(10-8-22)19(24)17-2-1-11-25-17/h1-6,11,13H,7-10,12H2/p+1. The fraction of sp³-hybridized carbons (Fsp3) is 0.263. The number of benzene rings is 1. The van der Waals surface area contributed by atoms with Gasteiger partial charge in [0.15, 0.2) is 0 Å². The van der Waals surface area contributed by atoms with Crippen LogP contribution in [0.2, 0.25) is 5.02 Å². The van der Waals surface area contributed by atoms with Gasteiger partial charge in [0.25, 0.3) is 5.91 Å². The molecule has 0 saturated carbocycles. The van der Waals surface area contributed by atoms with Gasteiger partial charge in [0.1, 0.15) is 17.2 Å². The molecule has 134 valence electrons. The van der Waals surface area contributed by atoms with Crippen molar-refractivity contribution in [1.82, 2.24) is 9.88 Å². The highest BCUT2D eigenvalue weighted by molar-refractivity contribution is 7.13. The van der Waals surface area contributed by atoms with Crippen molar-refractivity contribution in [2.75, 3.05) is 26.2 Å². The number of halogens is 1. The Bertz CT molecular complexity index is 869. The minimum absolute atomic E-state index is 0.165. The lowest BCUT2D eigenvalue weighted by Crippen LogP contribution is -3.13. The Morgan fingerprint density at radius 3 is 2.62 bits per heavy atom. The van der Waals surface area contributed by atoms with E-state index in [1.54, 1.807) is 11.3 Å². The Morgan fingerprint density at radius 1 is 1.15 bits per heavy atom. The lowest BCUT2D eigenvalue weighted by atomic mass is 10.2. The summed E-state index contributed by atoms with van der Waals surface area (Å²) in [6.07, 6.45) is 0. The molecule has 0 radical (unpaired) electrons. The Hall–Kier alpha value is -1.73. The van der Waals surface area contributed by atoms with Crippen LogP contribution in [-0.2, 0) is 6.54 Å². The van der Waals surface area contributed by atoms with Crippen LogP contribution in [0.5, 0.6) is 0 Å². The third-order valence-corrected chi connectivity index (χ3v) is 6.61. The second-order valence-electron chi connectivity index (χ2n) is 6.35. The number of hydrogen-bond donors (Lipinski definition) is 1. The largest absolute Gasteiger partial charge is 0.327 e. The fourth-order valence-corrected chi connectivity index (χ4v) is 4.77. The Balaban J connectivity index is 1.33. The molecule has 0 atom stereocenters. The summed E-state index contributed by atoms with van der Waals surface area (Å²) in [5, 5.41) is 5.86. The van der Waals surface area contributed by atoms with Gasteiger partial charge in [0, 0.05) is 16.0 Å². The number of aromatic nitrogens is 1. The van der Waals surface area contributed by atoms with Gasteiger partial charge in [-0.05, 0) is 23.6 Å². The molecule has 1 saturated heterocycles. The highest BCUT2D eigenvalue weighted by Gasteiger charge is 2.25. The van der Waals surface area contributed by atoms with Gasteiger partial charge >= 0.3 is 0 Å². The number of nitrogens with zero attached hydrogens (tertiary/aromatic N) is 2. The highest BCUT2D eigenvalue weighted by atomic mass is 35.5. The second-order valence-corrected chi connectivity index (χ2v) is 8.59. The number of carbonyl (C=O) groups excluding carboxylic acids is 1. The molecule has 0 bridgehead atoms. The zero-order valence-corrected chi connectivity index (χ0v) is 16.5. The molecule has 3 heterocycles. The quantitative estimate of drug-likeness (QED) is 0.725. The molecular weight excluding hydrogens is 386 g/mol. The van der Waals surface area contributed by atoms with Crippen molar-refractivity contribution in [2.24, 2.45) is 0 Å². The van der Waals surface area contributed by atoms with Crippen LogP contribution in [0, 0.1) is 0 Å². The Morgan fingerprint density at radius 2 is 1.92 bits per heavy atom. The van der Waals surface area contributed by atoms with Gasteiger partial charge in [0.05, 0.1) is 31.1 Å². The maximum Gasteiger partial charge on any atom is 0.264 e. The van der Waals surface area contributed by atoms with E-state index in [1.807, 2.05) is 46.7 Å². The van der Waals surface area contributed by atoms with E-state index in [0.717, 1.165) is 58.9 Å². The van der Waals surface area contributed by atoms with Crippen molar-refractivity contribution in [1.29, 1.82) is 0 Å². The van der Waals surface area contributed by atoms with Crippen molar-refractivity contribution in [3.05, 3.63) is 62.8 Å². The van der Waals surface area contributed by atoms with Gasteiger partial charge in [-0.25, -0.2) is 4.98 Å². The van der Waals surface area contributed by atoms with Crippen LogP contribution in [0.25, 0.3) is 10.6 Å². The summed E-state index contributed by atoms with van der Waals surface area (Å²) in [6, 6.07) is 11.6. The van der Waals surface area contributed by atoms with E-state index < -0.39 is 0 Å². The minimum atomic E-state index is 0.165. The second kappa shape index (κ2) is 7.88. The maximum atomic E-state index is 12.4. The first-order valence-corrected chi connectivity index (χ1v) is 10.7. The average Bonchev–Trinajstić information content (AvgIpc) is 3.35. The molecule has 1 aromatic carbocycles. The smallest absolute Gasteiger partial charge is 0.264 e. The van der Waals surface area contributed by atoms with Crippen molar-refractivity contribution in [2.45, 2.75) is 6.54 Å². The SMILES string of the molecule is O=C(c1cccs1)N1CC[NH+](Cc2csc(-c3ccc(Cl)cc3)n2)CC1. The van der Waals surface area contributed by atoms with E-state index in [-0.39, 0.29) is 5.91 Å². The van der Waals surface area contributed by atoms with E-state index in [0.29, 0.717) is 0 Å². The lowest BCUT2D eigenvalue weighted by Gasteiger charge is -2.31. The molecule has 1 fully saturated rings. The molecule has 4 rings (SSSR count). The third kappa shape index (κ3) is 3.99. The molecule has 1 aliphatic heterocycles. The van der Waals surface area contributed by atoms with Gasteiger partial charge in [-0.1, -0.05) is 29.8 Å². The number of nitrogens with one attached hydrogen (secondary N) is 1. The van der Waals surface area contributed by atoms with Crippen molar-refractivity contribution < 1.29 is 9.69 Å². The maximum absolute atomic E-state index is 12.4. The summed E-state index contributed by atoms with van der Waals surface area (Å²) in [7, 11) is 0. The van der Waals surface area contributed by atoms with Crippen LogP contribution in [0.3, 0.4) is 0 Å². The van der Waals surface area contributed by atoms with Crippen LogP contribution >= 0.6 is 34.3 Å². The Labute approximate surface area is 165 Å². The summed E-state index contributed by atoms with van der Waals surface area (Å²) in [5.74, 6) is 0.165. The van der Waals surface area contributed by atoms with Crippen molar-refractivity contribution in [3.63, 3.8) is 0 Å². The van der Waals surface area contributed by atoms with Crippen molar-refractivity contribution >= 4 is 40.2 Å². The van der Waals surface area contributed by atoms with Gasteiger partial charge in [-0.2, -0.15) is 0 Å². The first-order chi connectivity index (χ1) is 12.7. The van der Waals surface area contributed by atoms with Crippen LogP contribution in [-0.4, -0.2) is 42.0 Å². The summed E-state index contributed by atoms with van der Waals surface area (Å²) in [6.45, 7) is 4.45. The molecule has 7 heteroatoms. The van der Waals surface area contributed by atoms with Gasteiger partial charge < -0.3 is 9.80 Å². The number of rotatable bonds is 4. The van der Waals surface area contributed by atoms with Crippen LogP contribution in [0.4, 0.5) is 0 Å². The molecule has 1 aliphatic rings. The third-order valence-electron chi connectivity index (χ3n) is 4.56. The van der Waals surface area contributed by atoms with Gasteiger partial charge in [-0.3, -0.25) is 4.79 Å². The molecule has 4 nitrogen and oxygen atoms in total. The molecular formula is C19H19ClN3OS2+. The van der Waals surface area contributed by atoms with Crippen molar-refractivity contribution in [3.8, 4) is 10.6 Å². The topological polar surface area (TPSA) is 37.6 Å². The number of piperazine rings is 1. The molecule has 2 aromatic heterocycles. The number of carbonyl (C=O) groups is 1. The number of thiazole rings is 1. The first-order valence-electron chi connectivity index (χ1n) is 8.56. The van der Waals surface area contributed by atoms with Crippen LogP contribution < -0.4 is 4.90 Å². The zero-order chi connectivity index (χ0) is 17.9. The van der Waals surface area contributed by atoms with Crippen LogP contribution in [0.1, 0.15) is 15.4 Å². The van der Waals surface area contributed by atoms with Gasteiger partial charge in [0.2, 0.25) is 0 Å². The number of hydrogen-bond acceptors (Lipinski definition) is 4. The first kappa shape index (κ1) is 17.7. The lowest BCUT2D eigenvalue weighted by molar-refractivity contribution is -0.917. The van der Waals surface area contributed by atoms with Crippen LogP contribution in [0.15, 0.2) is 47.2 Å². The van der Waals surface area contributed by atoms with E-state index >= 15 is 0 Å². The van der Waals surface area contributed by atoms with E-state index in [4.69, 9.17) is 16.6 Å². The predicted octanol–water partition coefficient (Wildman–Crippen LogP) is 3.07. The van der Waals surface area contributed by atoms with E-state index in [1.165, 1.54) is 16.2 Å². The molecule has 0 unspecified atom stereocenters. The zero-order valence-electron chi connectivity index (χ0n) is 14.2. The van der Waals surface area contributed by atoms with E-state index in [9.17, 15) is 4.79 Å².